The highest BCUT2D eigenvalue weighted by atomic mass is 32.1. The Hall–Kier alpha value is -4.16. The number of esters is 1. The third-order valence-electron chi connectivity index (χ3n) is 6.49. The number of carbonyl (C=O) groups excluding carboxylic acids is 2. The fourth-order valence-corrected chi connectivity index (χ4v) is 5.38. The quantitative estimate of drug-likeness (QED) is 0.318. The van der Waals surface area contributed by atoms with Crippen molar-refractivity contribution in [2.45, 2.75) is 25.3 Å². The van der Waals surface area contributed by atoms with Crippen LogP contribution in [0.25, 0.3) is 32.6 Å². The van der Waals surface area contributed by atoms with Gasteiger partial charge in [-0.05, 0) is 49.6 Å². The summed E-state index contributed by atoms with van der Waals surface area (Å²) in [6.45, 7) is 3.49. The van der Waals surface area contributed by atoms with E-state index in [0.717, 1.165) is 32.6 Å². The van der Waals surface area contributed by atoms with Crippen LogP contribution in [-0.2, 0) is 9.53 Å². The average Bonchev–Trinajstić information content (AvgIpc) is 3.35. The Kier molecular flexibility index (Phi) is 7.16. The SMILES string of the molecule is CCNC(=O)Nc1nc2cc(-c3cnc(N4CCC(N)(C(=O)OC)CC4)nc3)cc(-c3ccccn3)c2s1. The number of thiazole rings is 1. The van der Waals surface area contributed by atoms with Crippen molar-refractivity contribution < 1.29 is 14.3 Å². The van der Waals surface area contributed by atoms with Gasteiger partial charge >= 0.3 is 12.0 Å². The van der Waals surface area contributed by atoms with Gasteiger partial charge in [0.05, 0.1) is 23.0 Å². The second kappa shape index (κ2) is 10.7. The predicted octanol–water partition coefficient (Wildman–Crippen LogP) is 3.43. The lowest BCUT2D eigenvalue weighted by Gasteiger charge is -2.36. The molecule has 0 aliphatic carbocycles. The third kappa shape index (κ3) is 5.13. The number of nitrogens with two attached hydrogens (primary N) is 1. The molecule has 0 atom stereocenters. The molecule has 1 fully saturated rings. The lowest BCUT2D eigenvalue weighted by atomic mass is 9.89. The molecule has 1 aromatic carbocycles. The lowest BCUT2D eigenvalue weighted by molar-refractivity contribution is -0.147. The van der Waals surface area contributed by atoms with Crippen LogP contribution in [0.3, 0.4) is 0 Å². The van der Waals surface area contributed by atoms with Crippen molar-refractivity contribution in [3.63, 3.8) is 0 Å². The van der Waals surface area contributed by atoms with E-state index in [1.165, 1.54) is 18.4 Å². The largest absolute Gasteiger partial charge is 0.468 e. The molecule has 0 unspecified atom stereocenters. The molecule has 2 amide bonds. The highest BCUT2D eigenvalue weighted by molar-refractivity contribution is 7.22. The van der Waals surface area contributed by atoms with Gasteiger partial charge < -0.3 is 20.7 Å². The summed E-state index contributed by atoms with van der Waals surface area (Å²) in [6.07, 6.45) is 6.22. The molecular weight excluding hydrogens is 504 g/mol. The number of pyridine rings is 1. The number of methoxy groups -OCH3 is 1. The van der Waals surface area contributed by atoms with E-state index in [-0.39, 0.29) is 12.0 Å². The van der Waals surface area contributed by atoms with E-state index < -0.39 is 5.54 Å². The number of anilines is 2. The molecule has 1 saturated heterocycles. The van der Waals surface area contributed by atoms with Gasteiger partial charge in [-0.15, -0.1) is 0 Å². The molecule has 4 N–H and O–H groups in total. The van der Waals surface area contributed by atoms with Gasteiger partial charge in [0.15, 0.2) is 5.13 Å². The van der Waals surface area contributed by atoms with Crippen molar-refractivity contribution in [1.82, 2.24) is 25.3 Å². The predicted molar refractivity (Wildman–Crippen MR) is 147 cm³/mol. The number of piperidine rings is 1. The molecule has 12 heteroatoms. The second-order valence-electron chi connectivity index (χ2n) is 9.00. The summed E-state index contributed by atoms with van der Waals surface area (Å²) in [7, 11) is 1.36. The number of hydrogen-bond donors (Lipinski definition) is 3. The molecule has 4 aromatic rings. The molecule has 196 valence electrons. The van der Waals surface area contributed by atoms with Gasteiger partial charge in [-0.1, -0.05) is 17.4 Å². The maximum Gasteiger partial charge on any atom is 0.325 e. The van der Waals surface area contributed by atoms with Crippen molar-refractivity contribution in [3.05, 3.63) is 48.9 Å². The molecule has 4 heterocycles. The first-order valence-corrected chi connectivity index (χ1v) is 13.1. The highest BCUT2D eigenvalue weighted by Gasteiger charge is 2.39. The van der Waals surface area contributed by atoms with Gasteiger partial charge in [0.1, 0.15) is 5.54 Å². The van der Waals surface area contributed by atoms with Crippen molar-refractivity contribution in [3.8, 4) is 22.4 Å². The molecule has 0 spiro atoms. The van der Waals surface area contributed by atoms with Crippen LogP contribution in [-0.4, -0.2) is 64.2 Å². The van der Waals surface area contributed by atoms with E-state index in [4.69, 9.17) is 10.5 Å². The minimum atomic E-state index is -0.971. The van der Waals surface area contributed by atoms with Gasteiger partial charge in [0.25, 0.3) is 0 Å². The summed E-state index contributed by atoms with van der Waals surface area (Å²) in [4.78, 5) is 44.5. The number of nitrogens with one attached hydrogen (secondary N) is 2. The first-order valence-electron chi connectivity index (χ1n) is 12.3. The number of fused-ring (bicyclic) bond motifs is 1. The monoisotopic (exact) mass is 532 g/mol. The van der Waals surface area contributed by atoms with Gasteiger partial charge in [-0.2, -0.15) is 0 Å². The molecule has 3 aromatic heterocycles. The van der Waals surface area contributed by atoms with Crippen molar-refractivity contribution in [2.75, 3.05) is 37.0 Å². The highest BCUT2D eigenvalue weighted by Crippen LogP contribution is 2.38. The van der Waals surface area contributed by atoms with Crippen molar-refractivity contribution >= 4 is 44.6 Å². The summed E-state index contributed by atoms with van der Waals surface area (Å²) in [5.74, 6) is 0.188. The number of urea groups is 1. The van der Waals surface area contributed by atoms with E-state index in [9.17, 15) is 9.59 Å². The lowest BCUT2D eigenvalue weighted by Crippen LogP contribution is -2.56. The van der Waals surface area contributed by atoms with Crippen LogP contribution in [0.1, 0.15) is 19.8 Å². The first kappa shape index (κ1) is 25.5. The number of carbonyl (C=O) groups is 2. The topological polar surface area (TPSA) is 148 Å². The summed E-state index contributed by atoms with van der Waals surface area (Å²) in [5, 5.41) is 6.02. The molecule has 1 aliphatic heterocycles. The Morgan fingerprint density at radius 3 is 2.55 bits per heavy atom. The molecule has 5 rings (SSSR count). The van der Waals surface area contributed by atoms with Crippen LogP contribution >= 0.6 is 11.3 Å². The number of hydrogen-bond acceptors (Lipinski definition) is 10. The van der Waals surface area contributed by atoms with Crippen LogP contribution in [0.4, 0.5) is 15.9 Å². The van der Waals surface area contributed by atoms with Gasteiger partial charge in [0, 0.05) is 49.4 Å². The standard InChI is InChI=1S/C26H28N8O3S/c1-3-28-24(36)33-25-32-20-13-16(12-18(21(20)38-25)19-6-4-5-9-29-19)17-14-30-23(31-15-17)34-10-7-26(27,8-11-34)22(35)37-2/h4-6,9,12-15H,3,7-8,10-11,27H2,1-2H3,(H2,28,32,33,36). The van der Waals surface area contributed by atoms with Gasteiger partial charge in [-0.25, -0.2) is 19.7 Å². The third-order valence-corrected chi connectivity index (χ3v) is 7.51. The van der Waals surface area contributed by atoms with E-state index in [1.807, 2.05) is 42.2 Å². The molecule has 0 bridgehead atoms. The number of rotatable bonds is 6. The smallest absolute Gasteiger partial charge is 0.325 e. The van der Waals surface area contributed by atoms with Gasteiger partial charge in [0.2, 0.25) is 5.95 Å². The Labute approximate surface area is 223 Å². The molecule has 38 heavy (non-hydrogen) atoms. The second-order valence-corrected chi connectivity index (χ2v) is 10.00. The maximum absolute atomic E-state index is 12.1. The summed E-state index contributed by atoms with van der Waals surface area (Å²) >= 11 is 1.40. The summed E-state index contributed by atoms with van der Waals surface area (Å²) < 4.78 is 5.77. The maximum atomic E-state index is 12.1. The van der Waals surface area contributed by atoms with Crippen molar-refractivity contribution in [2.24, 2.45) is 5.73 Å². The van der Waals surface area contributed by atoms with Crippen LogP contribution < -0.4 is 21.3 Å². The average molecular weight is 533 g/mol. The number of amides is 2. The fraction of sp³-hybridized carbons (Fsp3) is 0.308. The Bertz CT molecular complexity index is 1450. The van der Waals surface area contributed by atoms with E-state index in [2.05, 4.69) is 30.6 Å². The van der Waals surface area contributed by atoms with Crippen LogP contribution in [0.15, 0.2) is 48.9 Å². The molecule has 0 saturated carbocycles. The van der Waals surface area contributed by atoms with E-state index >= 15 is 0 Å². The normalized spacial score (nSPS) is 14.8. The molecule has 1 aliphatic rings. The zero-order valence-corrected chi connectivity index (χ0v) is 21.9. The number of benzene rings is 1. The molecular formula is C26H28N8O3S. The number of aromatic nitrogens is 4. The minimum Gasteiger partial charge on any atom is -0.468 e. The zero-order valence-electron chi connectivity index (χ0n) is 21.1. The Balaban J connectivity index is 1.44. The number of nitrogens with zero attached hydrogens (tertiary/aromatic N) is 5. The first-order chi connectivity index (χ1) is 18.4. The molecule has 11 nitrogen and oxygen atoms in total. The summed E-state index contributed by atoms with van der Waals surface area (Å²) in [5.41, 5.74) is 9.39. The molecule has 0 radical (unpaired) electrons. The van der Waals surface area contributed by atoms with Crippen LogP contribution in [0, 0.1) is 0 Å². The van der Waals surface area contributed by atoms with Crippen molar-refractivity contribution in [1.29, 1.82) is 0 Å². The Morgan fingerprint density at radius 1 is 1.13 bits per heavy atom. The fourth-order valence-electron chi connectivity index (χ4n) is 4.41. The minimum absolute atomic E-state index is 0.300. The van der Waals surface area contributed by atoms with E-state index in [0.29, 0.717) is 43.6 Å². The van der Waals surface area contributed by atoms with Crippen LogP contribution in [0.5, 0.6) is 0 Å². The van der Waals surface area contributed by atoms with Crippen LogP contribution in [0.2, 0.25) is 0 Å². The summed E-state index contributed by atoms with van der Waals surface area (Å²) in [6, 6.07) is 9.44. The Morgan fingerprint density at radius 2 is 1.89 bits per heavy atom. The van der Waals surface area contributed by atoms with E-state index in [1.54, 1.807) is 18.6 Å². The number of ether oxygens (including phenoxy) is 1. The van der Waals surface area contributed by atoms with Gasteiger partial charge in [-0.3, -0.25) is 15.1 Å². The zero-order chi connectivity index (χ0) is 26.7.